The van der Waals surface area contributed by atoms with Crippen molar-refractivity contribution >= 4 is 34.5 Å². The van der Waals surface area contributed by atoms with Gasteiger partial charge < -0.3 is 19.5 Å². The highest BCUT2D eigenvalue weighted by molar-refractivity contribution is 6.35. The highest BCUT2D eigenvalue weighted by atomic mass is 35.5. The van der Waals surface area contributed by atoms with Gasteiger partial charge in [-0.15, -0.1) is 0 Å². The van der Waals surface area contributed by atoms with Crippen LogP contribution in [-0.4, -0.2) is 39.6 Å². The van der Waals surface area contributed by atoms with E-state index in [0.717, 1.165) is 17.7 Å². The average molecular weight is 546 g/mol. The first-order chi connectivity index (χ1) is 17.6. The van der Waals surface area contributed by atoms with Gasteiger partial charge in [0.1, 0.15) is 24.9 Å². The Hall–Kier alpha value is -2.58. The third-order valence-corrected chi connectivity index (χ3v) is 6.80. The van der Waals surface area contributed by atoms with Gasteiger partial charge in [-0.3, -0.25) is 0 Å². The zero-order valence-corrected chi connectivity index (χ0v) is 23.4. The van der Waals surface area contributed by atoms with Crippen LogP contribution in [0.3, 0.4) is 0 Å². The number of fused-ring (bicyclic) bond motifs is 1. The lowest BCUT2D eigenvalue weighted by atomic mass is 9.91. The van der Waals surface area contributed by atoms with Gasteiger partial charge in [0.15, 0.2) is 0 Å². The number of nitrogens with zero attached hydrogens (tertiary/aromatic N) is 3. The zero-order valence-electron chi connectivity index (χ0n) is 21.9. The predicted octanol–water partition coefficient (Wildman–Crippen LogP) is 6.96. The first kappa shape index (κ1) is 27.5. The number of hydrogen-bond donors (Lipinski definition) is 1. The Labute approximate surface area is 228 Å². The second-order valence-electron chi connectivity index (χ2n) is 9.74. The summed E-state index contributed by atoms with van der Waals surface area (Å²) in [5.74, 6) is -0.0220. The van der Waals surface area contributed by atoms with Crippen LogP contribution in [0.1, 0.15) is 52.2 Å². The van der Waals surface area contributed by atoms with Gasteiger partial charge in [0, 0.05) is 21.8 Å². The van der Waals surface area contributed by atoms with Gasteiger partial charge in [0.2, 0.25) is 5.79 Å². The number of allylic oxidation sites excluding steroid dienone is 1. The number of nitrogens with one attached hydrogen (secondary N) is 1. The number of anilines is 1. The van der Waals surface area contributed by atoms with E-state index < -0.39 is 5.79 Å². The highest BCUT2D eigenvalue weighted by Crippen LogP contribution is 2.41. The molecular formula is C28H34Cl2N4O3. The van der Waals surface area contributed by atoms with Crippen molar-refractivity contribution in [3.8, 4) is 5.75 Å². The second-order valence-corrected chi connectivity index (χ2v) is 10.6. The molecule has 2 aliphatic rings. The molecule has 9 heteroatoms. The summed E-state index contributed by atoms with van der Waals surface area (Å²) in [5, 5.41) is 8.72. The van der Waals surface area contributed by atoms with E-state index in [1.165, 1.54) is 23.2 Å². The number of hydrogen-bond acceptors (Lipinski definition) is 6. The number of halogens is 2. The Kier molecular flexibility index (Phi) is 8.49. The van der Waals surface area contributed by atoms with Crippen LogP contribution in [0.4, 0.5) is 5.69 Å². The Bertz CT molecular complexity index is 1250. The molecule has 2 aliphatic heterocycles. The van der Waals surface area contributed by atoms with Gasteiger partial charge in [-0.1, -0.05) is 42.3 Å². The maximum absolute atomic E-state index is 6.34. The Morgan fingerprint density at radius 1 is 1.16 bits per heavy atom. The number of ether oxygens (including phenoxy) is 3. The van der Waals surface area contributed by atoms with Crippen LogP contribution in [0.25, 0.3) is 5.57 Å². The lowest BCUT2D eigenvalue weighted by molar-refractivity contribution is -0.188. The van der Waals surface area contributed by atoms with Gasteiger partial charge >= 0.3 is 0 Å². The molecular weight excluding hydrogens is 511 g/mol. The van der Waals surface area contributed by atoms with Gasteiger partial charge in [0.05, 0.1) is 29.9 Å². The summed E-state index contributed by atoms with van der Waals surface area (Å²) in [5.41, 5.74) is 4.52. The normalized spacial score (nSPS) is 21.8. The van der Waals surface area contributed by atoms with Crippen molar-refractivity contribution in [2.24, 2.45) is 0 Å². The highest BCUT2D eigenvalue weighted by Gasteiger charge is 2.44. The van der Waals surface area contributed by atoms with Gasteiger partial charge in [0.25, 0.3) is 0 Å². The largest absolute Gasteiger partial charge is 0.494 e. The summed E-state index contributed by atoms with van der Waals surface area (Å²) >= 11 is 12.3. The second kappa shape index (κ2) is 11.4. The van der Waals surface area contributed by atoms with Crippen molar-refractivity contribution in [3.63, 3.8) is 0 Å². The van der Waals surface area contributed by atoms with E-state index in [1.807, 2.05) is 19.1 Å². The van der Waals surface area contributed by atoms with Crippen molar-refractivity contribution in [2.75, 3.05) is 18.5 Å². The van der Waals surface area contributed by atoms with E-state index >= 15 is 0 Å². The maximum atomic E-state index is 6.34. The SMILES string of the molecule is CCC1COC(Cn2cncn2)(c2ccc(Cl)cc2Cl)O1.CCOc1ccc2c(c1)C(C)=CC(C)(C)N2. The van der Waals surface area contributed by atoms with Crippen molar-refractivity contribution < 1.29 is 14.2 Å². The molecule has 0 aliphatic carbocycles. The summed E-state index contributed by atoms with van der Waals surface area (Å²) in [6.07, 6.45) is 6.25. The first-order valence-electron chi connectivity index (χ1n) is 12.5. The summed E-state index contributed by atoms with van der Waals surface area (Å²) in [6, 6.07) is 11.5. The third kappa shape index (κ3) is 6.47. The molecule has 2 unspecified atom stereocenters. The number of benzene rings is 2. The first-order valence-corrected chi connectivity index (χ1v) is 13.2. The molecule has 1 fully saturated rings. The Balaban J connectivity index is 0.000000180. The topological polar surface area (TPSA) is 70.4 Å². The monoisotopic (exact) mass is 544 g/mol. The van der Waals surface area contributed by atoms with Crippen molar-refractivity contribution in [2.45, 2.75) is 65.0 Å². The zero-order chi connectivity index (χ0) is 26.6. The van der Waals surface area contributed by atoms with Crippen molar-refractivity contribution in [1.82, 2.24) is 14.8 Å². The van der Waals surface area contributed by atoms with Crippen LogP contribution in [0, 0.1) is 0 Å². The molecule has 3 aromatic rings. The number of aromatic nitrogens is 3. The van der Waals surface area contributed by atoms with E-state index in [4.69, 9.17) is 37.4 Å². The van der Waals surface area contributed by atoms with E-state index in [9.17, 15) is 0 Å². The van der Waals surface area contributed by atoms with Gasteiger partial charge in [-0.2, -0.15) is 5.10 Å². The molecule has 0 bridgehead atoms. The van der Waals surface area contributed by atoms with E-state index in [2.05, 4.69) is 61.3 Å². The minimum atomic E-state index is -0.962. The van der Waals surface area contributed by atoms with Crippen LogP contribution >= 0.6 is 23.2 Å². The molecule has 1 saturated heterocycles. The average Bonchev–Trinajstić information content (AvgIpc) is 3.50. The van der Waals surface area contributed by atoms with E-state index in [0.29, 0.717) is 29.8 Å². The molecule has 1 N–H and O–H groups in total. The third-order valence-electron chi connectivity index (χ3n) is 6.25. The van der Waals surface area contributed by atoms with Gasteiger partial charge in [-0.05, 0) is 70.0 Å². The van der Waals surface area contributed by atoms with Crippen LogP contribution in [-0.2, 0) is 21.8 Å². The molecule has 7 nitrogen and oxygen atoms in total. The smallest absolute Gasteiger partial charge is 0.217 e. The summed E-state index contributed by atoms with van der Waals surface area (Å²) < 4.78 is 19.3. The van der Waals surface area contributed by atoms with Crippen LogP contribution in [0.15, 0.2) is 55.1 Å². The minimum Gasteiger partial charge on any atom is -0.494 e. The van der Waals surface area contributed by atoms with Crippen LogP contribution in [0.5, 0.6) is 5.75 Å². The van der Waals surface area contributed by atoms with E-state index in [-0.39, 0.29) is 11.6 Å². The van der Waals surface area contributed by atoms with Crippen LogP contribution < -0.4 is 10.1 Å². The fourth-order valence-electron chi connectivity index (χ4n) is 4.62. The van der Waals surface area contributed by atoms with Crippen molar-refractivity contribution in [3.05, 3.63) is 76.3 Å². The Morgan fingerprint density at radius 2 is 1.97 bits per heavy atom. The summed E-state index contributed by atoms with van der Waals surface area (Å²) in [4.78, 5) is 3.95. The molecule has 0 radical (unpaired) electrons. The molecule has 198 valence electrons. The standard InChI is InChI=1S/C14H15Cl2N3O2.C14H19NO/c1-2-11-6-20-14(21-11,7-19-9-17-8-18-19)12-4-3-10(15)5-13(12)16;1-5-16-11-6-7-13-12(8-11)10(2)9-14(3,4)15-13/h3-5,8-9,11H,2,6-7H2,1H3;6-9,15H,5H2,1-4H3. The Morgan fingerprint density at radius 3 is 2.62 bits per heavy atom. The summed E-state index contributed by atoms with van der Waals surface area (Å²) in [7, 11) is 0. The molecule has 0 amide bonds. The molecule has 1 aromatic heterocycles. The van der Waals surface area contributed by atoms with Gasteiger partial charge in [-0.25, -0.2) is 9.67 Å². The summed E-state index contributed by atoms with van der Waals surface area (Å²) in [6.45, 7) is 12.2. The lowest BCUT2D eigenvalue weighted by Crippen LogP contribution is -2.34. The quantitative estimate of drug-likeness (QED) is 0.361. The molecule has 0 spiro atoms. The number of rotatable bonds is 6. The fraction of sp³-hybridized carbons (Fsp3) is 0.429. The van der Waals surface area contributed by atoms with E-state index in [1.54, 1.807) is 23.1 Å². The van der Waals surface area contributed by atoms with Crippen LogP contribution in [0.2, 0.25) is 10.0 Å². The molecule has 2 aromatic carbocycles. The molecule has 37 heavy (non-hydrogen) atoms. The lowest BCUT2D eigenvalue weighted by Gasteiger charge is -2.31. The molecule has 5 rings (SSSR count). The molecule has 0 saturated carbocycles. The molecule has 2 atom stereocenters. The van der Waals surface area contributed by atoms with Crippen molar-refractivity contribution in [1.29, 1.82) is 0 Å². The minimum absolute atomic E-state index is 0.0280. The molecule has 3 heterocycles. The maximum Gasteiger partial charge on any atom is 0.217 e. The fourth-order valence-corrected chi connectivity index (χ4v) is 5.17. The predicted molar refractivity (Wildman–Crippen MR) is 148 cm³/mol.